The molecule has 7 heteroatoms. The first-order valence-corrected chi connectivity index (χ1v) is 13.3. The Bertz CT molecular complexity index is 994. The molecule has 1 aromatic heterocycles. The smallest absolute Gasteiger partial charge is 0.355 e. The van der Waals surface area contributed by atoms with Gasteiger partial charge < -0.3 is 14.4 Å². The molecular weight excluding hydrogens is 424 g/mol. The van der Waals surface area contributed by atoms with Crippen molar-refractivity contribution < 1.29 is 14.3 Å². The van der Waals surface area contributed by atoms with E-state index in [9.17, 15) is 9.90 Å². The molecule has 0 aliphatic carbocycles. The van der Waals surface area contributed by atoms with Crippen molar-refractivity contribution in [2.45, 2.75) is 38.3 Å². The highest BCUT2D eigenvalue weighted by Crippen LogP contribution is 2.39. The average Bonchev–Trinajstić information content (AvgIpc) is 3.42. The van der Waals surface area contributed by atoms with Gasteiger partial charge in [-0.1, -0.05) is 81.4 Å². The van der Waals surface area contributed by atoms with Crippen molar-refractivity contribution in [3.05, 3.63) is 71.7 Å². The highest BCUT2D eigenvalue weighted by atomic mass is 32.1. The molecule has 31 heavy (non-hydrogen) atoms. The standard InChI is InChI=1S/C24H28N2O3SSi/c1-24(2,3)31(19-10-6-4-7-11-19,20-12-8-5-9-13-20)29-18-14-15-26(16-18)23-25-21(17-30-23)22(27)28/h4-13,17-18H,14-16H2,1-3H3,(H,27,28)/t18-/m1/s1. The molecule has 0 unspecified atom stereocenters. The summed E-state index contributed by atoms with van der Waals surface area (Å²) in [7, 11) is -2.60. The minimum atomic E-state index is -2.60. The van der Waals surface area contributed by atoms with Crippen LogP contribution in [0.15, 0.2) is 66.0 Å². The van der Waals surface area contributed by atoms with Crippen molar-refractivity contribution in [2.75, 3.05) is 18.0 Å². The minimum absolute atomic E-state index is 0.0588. The minimum Gasteiger partial charge on any atom is -0.476 e. The Kier molecular flexibility index (Phi) is 6.01. The average molecular weight is 453 g/mol. The summed E-state index contributed by atoms with van der Waals surface area (Å²) in [6, 6.07) is 21.3. The van der Waals surface area contributed by atoms with E-state index >= 15 is 0 Å². The fourth-order valence-corrected chi connectivity index (χ4v) is 9.99. The van der Waals surface area contributed by atoms with Gasteiger partial charge in [0.25, 0.3) is 8.32 Å². The monoisotopic (exact) mass is 452 g/mol. The van der Waals surface area contributed by atoms with Gasteiger partial charge in [0, 0.05) is 18.5 Å². The molecule has 1 aliphatic rings. The molecule has 162 valence electrons. The summed E-state index contributed by atoms with van der Waals surface area (Å²) >= 11 is 1.38. The Balaban J connectivity index is 1.68. The molecule has 1 fully saturated rings. The molecular formula is C24H28N2O3SSi. The van der Waals surface area contributed by atoms with Crippen LogP contribution in [0.2, 0.25) is 5.04 Å². The molecule has 4 rings (SSSR count). The van der Waals surface area contributed by atoms with Crippen LogP contribution in [0.5, 0.6) is 0 Å². The van der Waals surface area contributed by atoms with E-state index in [0.717, 1.165) is 24.6 Å². The zero-order valence-electron chi connectivity index (χ0n) is 18.1. The molecule has 3 aromatic rings. The Labute approximate surface area is 188 Å². The number of aromatic nitrogens is 1. The number of thiazole rings is 1. The third-order valence-electron chi connectivity index (χ3n) is 5.89. The van der Waals surface area contributed by atoms with Crippen LogP contribution < -0.4 is 15.3 Å². The van der Waals surface area contributed by atoms with E-state index in [1.54, 1.807) is 5.38 Å². The first-order chi connectivity index (χ1) is 14.8. The summed E-state index contributed by atoms with van der Waals surface area (Å²) in [4.78, 5) is 17.7. The molecule has 2 heterocycles. The highest BCUT2D eigenvalue weighted by molar-refractivity contribution is 7.14. The topological polar surface area (TPSA) is 62.7 Å². The molecule has 1 atom stereocenters. The summed E-state index contributed by atoms with van der Waals surface area (Å²) in [6.07, 6.45) is 0.954. The van der Waals surface area contributed by atoms with Crippen molar-refractivity contribution >= 4 is 41.1 Å². The predicted molar refractivity (Wildman–Crippen MR) is 128 cm³/mol. The molecule has 2 aromatic carbocycles. The summed E-state index contributed by atoms with van der Waals surface area (Å²) < 4.78 is 7.20. The number of benzene rings is 2. The van der Waals surface area contributed by atoms with E-state index in [1.807, 2.05) is 0 Å². The Hall–Kier alpha value is -2.48. The maximum atomic E-state index is 11.2. The summed E-state index contributed by atoms with van der Waals surface area (Å²) in [5, 5.41) is 14.0. The van der Waals surface area contributed by atoms with Crippen LogP contribution in [0.3, 0.4) is 0 Å². The van der Waals surface area contributed by atoms with Crippen LogP contribution in [-0.4, -0.2) is 43.6 Å². The second-order valence-electron chi connectivity index (χ2n) is 8.96. The number of nitrogens with zero attached hydrogens (tertiary/aromatic N) is 2. The fourth-order valence-electron chi connectivity index (χ4n) is 4.45. The lowest BCUT2D eigenvalue weighted by atomic mass is 10.2. The number of hydrogen-bond donors (Lipinski definition) is 1. The number of carbonyl (C=O) groups is 1. The molecule has 0 amide bonds. The zero-order chi connectivity index (χ0) is 22.1. The van der Waals surface area contributed by atoms with Crippen molar-refractivity contribution in [3.8, 4) is 0 Å². The third kappa shape index (κ3) is 4.17. The molecule has 1 saturated heterocycles. The molecule has 0 bridgehead atoms. The second kappa shape index (κ2) is 8.57. The number of carboxylic acids is 1. The Morgan fingerprint density at radius 1 is 1.10 bits per heavy atom. The lowest BCUT2D eigenvalue weighted by Crippen LogP contribution is -2.67. The zero-order valence-corrected chi connectivity index (χ0v) is 19.9. The fraction of sp³-hybridized carbons (Fsp3) is 0.333. The van der Waals surface area contributed by atoms with Crippen molar-refractivity contribution in [1.29, 1.82) is 0 Å². The normalized spacial score (nSPS) is 17.1. The number of hydrogen-bond acceptors (Lipinski definition) is 5. The number of carboxylic acid groups (broad SMARTS) is 1. The Morgan fingerprint density at radius 3 is 2.16 bits per heavy atom. The predicted octanol–water partition coefficient (Wildman–Crippen LogP) is 4.00. The molecule has 1 N–H and O–H groups in total. The first kappa shape index (κ1) is 21.7. The maximum Gasteiger partial charge on any atom is 0.355 e. The van der Waals surface area contributed by atoms with Crippen LogP contribution in [0.4, 0.5) is 5.13 Å². The molecule has 5 nitrogen and oxygen atoms in total. The van der Waals surface area contributed by atoms with Crippen LogP contribution in [0.1, 0.15) is 37.7 Å². The van der Waals surface area contributed by atoms with Gasteiger partial charge in [-0.2, -0.15) is 0 Å². The van der Waals surface area contributed by atoms with E-state index in [0.29, 0.717) is 0 Å². The van der Waals surface area contributed by atoms with Gasteiger partial charge in [-0.15, -0.1) is 11.3 Å². The largest absolute Gasteiger partial charge is 0.476 e. The SMILES string of the molecule is CC(C)(C)[Si](O[C@@H]1CCN(c2nc(C(=O)O)cs2)C1)(c1ccccc1)c1ccccc1. The maximum absolute atomic E-state index is 11.2. The summed E-state index contributed by atoms with van der Waals surface area (Å²) in [5.74, 6) is -0.984. The van der Waals surface area contributed by atoms with Crippen molar-refractivity contribution in [3.63, 3.8) is 0 Å². The van der Waals surface area contributed by atoms with Crippen LogP contribution in [-0.2, 0) is 4.43 Å². The van der Waals surface area contributed by atoms with Gasteiger partial charge in [0.2, 0.25) is 0 Å². The van der Waals surface area contributed by atoms with Gasteiger partial charge in [-0.25, -0.2) is 9.78 Å². The van der Waals surface area contributed by atoms with E-state index in [2.05, 4.69) is 91.3 Å². The quantitative estimate of drug-likeness (QED) is 0.573. The summed E-state index contributed by atoms with van der Waals surface area (Å²) in [6.45, 7) is 8.39. The molecule has 0 spiro atoms. The lowest BCUT2D eigenvalue weighted by Gasteiger charge is -2.44. The van der Waals surface area contributed by atoms with Gasteiger partial charge in [0.1, 0.15) is 0 Å². The van der Waals surface area contributed by atoms with Crippen molar-refractivity contribution in [2.24, 2.45) is 0 Å². The van der Waals surface area contributed by atoms with E-state index in [-0.39, 0.29) is 16.8 Å². The number of anilines is 1. The van der Waals surface area contributed by atoms with Crippen LogP contribution >= 0.6 is 11.3 Å². The van der Waals surface area contributed by atoms with Gasteiger partial charge in [-0.3, -0.25) is 0 Å². The van der Waals surface area contributed by atoms with Gasteiger partial charge in [0.05, 0.1) is 6.10 Å². The van der Waals surface area contributed by atoms with Gasteiger partial charge in [-0.05, 0) is 21.8 Å². The number of rotatable bonds is 6. The van der Waals surface area contributed by atoms with Crippen molar-refractivity contribution in [1.82, 2.24) is 4.98 Å². The second-order valence-corrected chi connectivity index (χ2v) is 14.0. The van der Waals surface area contributed by atoms with Gasteiger partial charge >= 0.3 is 5.97 Å². The van der Waals surface area contributed by atoms with E-state index in [1.165, 1.54) is 21.7 Å². The number of aromatic carboxylic acids is 1. The molecule has 0 radical (unpaired) electrons. The van der Waals surface area contributed by atoms with Gasteiger partial charge in [0.15, 0.2) is 10.8 Å². The highest BCUT2D eigenvalue weighted by Gasteiger charge is 2.52. The van der Waals surface area contributed by atoms with E-state index < -0.39 is 14.3 Å². The molecule has 1 aliphatic heterocycles. The van der Waals surface area contributed by atoms with Crippen LogP contribution in [0, 0.1) is 0 Å². The summed E-state index contributed by atoms with van der Waals surface area (Å²) in [5.41, 5.74) is 0.108. The van der Waals surface area contributed by atoms with E-state index in [4.69, 9.17) is 4.43 Å². The molecule has 0 saturated carbocycles. The third-order valence-corrected chi connectivity index (χ3v) is 11.9. The first-order valence-electron chi connectivity index (χ1n) is 10.5. The Morgan fingerprint density at radius 2 is 1.68 bits per heavy atom. The lowest BCUT2D eigenvalue weighted by molar-refractivity contribution is 0.0691. The van der Waals surface area contributed by atoms with Crippen LogP contribution in [0.25, 0.3) is 0 Å².